The van der Waals surface area contributed by atoms with Crippen molar-refractivity contribution in [3.8, 4) is 6.07 Å². The third kappa shape index (κ3) is 5.85. The molecule has 2 aromatic carbocycles. The monoisotopic (exact) mass is 393 g/mol. The second-order valence-corrected chi connectivity index (χ2v) is 8.16. The number of hydrogen-bond donors (Lipinski definition) is 1. The van der Waals surface area contributed by atoms with Crippen molar-refractivity contribution in [3.05, 3.63) is 59.7 Å². The molecule has 0 unspecified atom stereocenters. The van der Waals surface area contributed by atoms with Gasteiger partial charge in [-0.05, 0) is 63.2 Å². The number of nitriles is 1. The molecule has 146 valence electrons. The fourth-order valence-electron chi connectivity index (χ4n) is 3.47. The highest BCUT2D eigenvalue weighted by Gasteiger charge is 2.14. The van der Waals surface area contributed by atoms with Crippen LogP contribution in [0.15, 0.2) is 58.3 Å². The van der Waals surface area contributed by atoms with Crippen LogP contribution in [0.25, 0.3) is 0 Å². The van der Waals surface area contributed by atoms with E-state index in [1.807, 2.05) is 42.5 Å². The first kappa shape index (κ1) is 20.4. The van der Waals surface area contributed by atoms with E-state index >= 15 is 0 Å². The van der Waals surface area contributed by atoms with Crippen LogP contribution in [0.1, 0.15) is 48.0 Å². The van der Waals surface area contributed by atoms with Crippen LogP contribution in [0.5, 0.6) is 0 Å². The van der Waals surface area contributed by atoms with Gasteiger partial charge in [-0.2, -0.15) is 5.26 Å². The summed E-state index contributed by atoms with van der Waals surface area (Å²) >= 11 is 1.47. The van der Waals surface area contributed by atoms with Gasteiger partial charge in [-0.1, -0.05) is 48.9 Å². The van der Waals surface area contributed by atoms with Gasteiger partial charge in [0.2, 0.25) is 0 Å². The molecule has 1 aliphatic heterocycles. The summed E-state index contributed by atoms with van der Waals surface area (Å²) in [7, 11) is 0. The van der Waals surface area contributed by atoms with Gasteiger partial charge in [0.25, 0.3) is 5.91 Å². The SMILES string of the molecule is N#Cc1ccccc1Sc1ccccc1C(=O)NCCCN1CCCCCC1. The third-order valence-corrected chi connectivity index (χ3v) is 6.15. The number of nitrogens with zero attached hydrogens (tertiary/aromatic N) is 2. The number of rotatable bonds is 7. The summed E-state index contributed by atoms with van der Waals surface area (Å²) in [5, 5.41) is 12.4. The summed E-state index contributed by atoms with van der Waals surface area (Å²) < 4.78 is 0. The minimum Gasteiger partial charge on any atom is -0.352 e. The Hall–Kier alpha value is -2.29. The predicted molar refractivity (Wildman–Crippen MR) is 114 cm³/mol. The number of nitrogens with one attached hydrogen (secondary N) is 1. The molecule has 0 bridgehead atoms. The first-order valence-corrected chi connectivity index (χ1v) is 10.9. The smallest absolute Gasteiger partial charge is 0.252 e. The molecule has 1 heterocycles. The van der Waals surface area contributed by atoms with E-state index in [0.717, 1.165) is 22.8 Å². The van der Waals surface area contributed by atoms with Gasteiger partial charge in [-0.3, -0.25) is 4.79 Å². The van der Waals surface area contributed by atoms with E-state index in [9.17, 15) is 10.1 Å². The highest BCUT2D eigenvalue weighted by molar-refractivity contribution is 7.99. The van der Waals surface area contributed by atoms with Crippen LogP contribution in [0, 0.1) is 11.3 Å². The zero-order valence-electron chi connectivity index (χ0n) is 16.2. The molecular formula is C23H27N3OS. The topological polar surface area (TPSA) is 56.1 Å². The molecule has 2 aromatic rings. The molecule has 0 radical (unpaired) electrons. The summed E-state index contributed by atoms with van der Waals surface area (Å²) in [6, 6.07) is 17.3. The van der Waals surface area contributed by atoms with Crippen molar-refractivity contribution in [2.75, 3.05) is 26.2 Å². The van der Waals surface area contributed by atoms with E-state index in [1.54, 1.807) is 6.07 Å². The molecule has 0 saturated carbocycles. The lowest BCUT2D eigenvalue weighted by atomic mass is 10.2. The van der Waals surface area contributed by atoms with Gasteiger partial charge in [-0.15, -0.1) is 0 Å². The molecule has 0 spiro atoms. The van der Waals surface area contributed by atoms with Crippen molar-refractivity contribution < 1.29 is 4.79 Å². The minimum atomic E-state index is -0.0478. The lowest BCUT2D eigenvalue weighted by Gasteiger charge is -2.19. The van der Waals surface area contributed by atoms with Crippen LogP contribution in [0.4, 0.5) is 0 Å². The molecule has 1 fully saturated rings. The van der Waals surface area contributed by atoms with Crippen molar-refractivity contribution >= 4 is 17.7 Å². The zero-order chi connectivity index (χ0) is 19.6. The van der Waals surface area contributed by atoms with E-state index in [0.29, 0.717) is 17.7 Å². The van der Waals surface area contributed by atoms with Crippen LogP contribution in [-0.4, -0.2) is 37.0 Å². The number of benzene rings is 2. The molecule has 5 heteroatoms. The highest BCUT2D eigenvalue weighted by atomic mass is 32.2. The van der Waals surface area contributed by atoms with Gasteiger partial charge < -0.3 is 10.2 Å². The van der Waals surface area contributed by atoms with Gasteiger partial charge in [0.1, 0.15) is 6.07 Å². The molecule has 0 atom stereocenters. The van der Waals surface area contributed by atoms with Crippen LogP contribution in [0.2, 0.25) is 0 Å². The molecule has 3 rings (SSSR count). The normalized spacial score (nSPS) is 14.8. The Morgan fingerprint density at radius 3 is 2.43 bits per heavy atom. The maximum Gasteiger partial charge on any atom is 0.252 e. The largest absolute Gasteiger partial charge is 0.352 e. The molecular weight excluding hydrogens is 366 g/mol. The van der Waals surface area contributed by atoms with Crippen molar-refractivity contribution in [2.24, 2.45) is 0 Å². The van der Waals surface area contributed by atoms with Crippen molar-refractivity contribution in [2.45, 2.75) is 41.9 Å². The Labute approximate surface area is 171 Å². The second-order valence-electron chi connectivity index (χ2n) is 7.07. The standard InChI is InChI=1S/C23H27N3OS/c24-18-19-10-3-5-12-21(19)28-22-13-6-4-11-20(22)23(27)25-14-9-17-26-15-7-1-2-8-16-26/h3-6,10-13H,1-2,7-9,14-17H2,(H,25,27). The van der Waals surface area contributed by atoms with E-state index < -0.39 is 0 Å². The van der Waals surface area contributed by atoms with Crippen LogP contribution < -0.4 is 5.32 Å². The lowest BCUT2D eigenvalue weighted by molar-refractivity contribution is 0.0948. The van der Waals surface area contributed by atoms with E-state index in [-0.39, 0.29) is 5.91 Å². The zero-order valence-corrected chi connectivity index (χ0v) is 17.0. The van der Waals surface area contributed by atoms with E-state index in [1.165, 1.54) is 50.5 Å². The Kier molecular flexibility index (Phi) is 7.95. The summed E-state index contributed by atoms with van der Waals surface area (Å²) in [5.74, 6) is -0.0478. The number of amides is 1. The minimum absolute atomic E-state index is 0.0478. The fourth-order valence-corrected chi connectivity index (χ4v) is 4.49. The average molecular weight is 394 g/mol. The van der Waals surface area contributed by atoms with Crippen LogP contribution in [0.3, 0.4) is 0 Å². The molecule has 4 nitrogen and oxygen atoms in total. The average Bonchev–Trinajstić information content (AvgIpc) is 3.01. The van der Waals surface area contributed by atoms with Crippen LogP contribution in [-0.2, 0) is 0 Å². The predicted octanol–water partition coefficient (Wildman–Crippen LogP) is 4.71. The van der Waals surface area contributed by atoms with Gasteiger partial charge >= 0.3 is 0 Å². The molecule has 0 aromatic heterocycles. The number of carbonyl (C=O) groups excluding carboxylic acids is 1. The molecule has 1 N–H and O–H groups in total. The molecule has 1 aliphatic rings. The first-order valence-electron chi connectivity index (χ1n) is 10.0. The second kappa shape index (κ2) is 10.9. The number of hydrogen-bond acceptors (Lipinski definition) is 4. The fraction of sp³-hybridized carbons (Fsp3) is 0.391. The third-order valence-electron chi connectivity index (χ3n) is 4.99. The first-order chi connectivity index (χ1) is 13.8. The summed E-state index contributed by atoms with van der Waals surface area (Å²) in [5.41, 5.74) is 1.29. The van der Waals surface area contributed by atoms with E-state index in [2.05, 4.69) is 16.3 Å². The van der Waals surface area contributed by atoms with Gasteiger partial charge in [-0.25, -0.2) is 0 Å². The molecule has 1 saturated heterocycles. The maximum absolute atomic E-state index is 12.7. The summed E-state index contributed by atoms with van der Waals surface area (Å²) in [4.78, 5) is 17.0. The summed E-state index contributed by atoms with van der Waals surface area (Å²) in [6.07, 6.45) is 6.24. The molecule has 1 amide bonds. The highest BCUT2D eigenvalue weighted by Crippen LogP contribution is 2.32. The van der Waals surface area contributed by atoms with Crippen molar-refractivity contribution in [1.82, 2.24) is 10.2 Å². The Balaban J connectivity index is 1.56. The quantitative estimate of drug-likeness (QED) is 0.693. The maximum atomic E-state index is 12.7. The van der Waals surface area contributed by atoms with Crippen LogP contribution >= 0.6 is 11.8 Å². The van der Waals surface area contributed by atoms with Gasteiger partial charge in [0.15, 0.2) is 0 Å². The number of likely N-dealkylation sites (tertiary alicyclic amines) is 1. The molecule has 28 heavy (non-hydrogen) atoms. The van der Waals surface area contributed by atoms with Crippen molar-refractivity contribution in [1.29, 1.82) is 5.26 Å². The van der Waals surface area contributed by atoms with E-state index in [4.69, 9.17) is 0 Å². The lowest BCUT2D eigenvalue weighted by Crippen LogP contribution is -2.30. The number of carbonyl (C=O) groups is 1. The Bertz CT molecular complexity index is 823. The Morgan fingerprint density at radius 2 is 1.68 bits per heavy atom. The van der Waals surface area contributed by atoms with Gasteiger partial charge in [0, 0.05) is 16.3 Å². The Morgan fingerprint density at radius 1 is 1.00 bits per heavy atom. The van der Waals surface area contributed by atoms with Crippen molar-refractivity contribution in [3.63, 3.8) is 0 Å². The summed E-state index contributed by atoms with van der Waals surface area (Å²) in [6.45, 7) is 4.10. The van der Waals surface area contributed by atoms with Gasteiger partial charge in [0.05, 0.1) is 11.1 Å². The molecule has 0 aliphatic carbocycles.